The molecule has 0 spiro atoms. The number of piperazine rings is 2. The zero-order valence-corrected chi connectivity index (χ0v) is 19.3. The Morgan fingerprint density at radius 2 is 1.71 bits per heavy atom. The average Bonchev–Trinajstić information content (AvgIpc) is 3.37. The third-order valence-electron chi connectivity index (χ3n) is 6.28. The predicted molar refractivity (Wildman–Crippen MR) is 119 cm³/mol. The summed E-state index contributed by atoms with van der Waals surface area (Å²) in [6.45, 7) is 5.67. The molecule has 12 heteroatoms. The monoisotopic (exact) mass is 499 g/mol. The lowest BCUT2D eigenvalue weighted by atomic mass is 10.1. The first-order valence-corrected chi connectivity index (χ1v) is 11.4. The summed E-state index contributed by atoms with van der Waals surface area (Å²) < 4.78 is 43.7. The number of furan rings is 1. The van der Waals surface area contributed by atoms with Crippen molar-refractivity contribution < 1.29 is 27.2 Å². The largest absolute Gasteiger partial charge is 0.459 e. The van der Waals surface area contributed by atoms with Crippen LogP contribution in [-0.2, 0) is 11.0 Å². The van der Waals surface area contributed by atoms with Crippen LogP contribution in [0.25, 0.3) is 0 Å². The van der Waals surface area contributed by atoms with Gasteiger partial charge in [-0.3, -0.25) is 14.5 Å². The number of amides is 2. The van der Waals surface area contributed by atoms with Crippen LogP contribution >= 0.6 is 11.6 Å². The minimum Gasteiger partial charge on any atom is -0.459 e. The van der Waals surface area contributed by atoms with Gasteiger partial charge in [0.1, 0.15) is 5.82 Å². The van der Waals surface area contributed by atoms with Crippen LogP contribution in [0.3, 0.4) is 0 Å². The Labute approximate surface area is 199 Å². The number of carbonyl (C=O) groups is 2. The minimum absolute atomic E-state index is 0.00997. The Morgan fingerprint density at radius 3 is 2.26 bits per heavy atom. The molecule has 2 aliphatic rings. The summed E-state index contributed by atoms with van der Waals surface area (Å²) in [5.41, 5.74) is -0.884. The zero-order valence-electron chi connectivity index (χ0n) is 18.6. The third-order valence-corrected chi connectivity index (χ3v) is 6.56. The lowest BCUT2D eigenvalue weighted by molar-refractivity contribution is -0.138. The fourth-order valence-corrected chi connectivity index (χ4v) is 4.53. The van der Waals surface area contributed by atoms with Crippen molar-refractivity contribution in [2.45, 2.75) is 19.1 Å². The van der Waals surface area contributed by atoms with Crippen LogP contribution in [0.15, 0.2) is 35.1 Å². The SMILES string of the molecule is C[C@@H](C(=O)N1CCN(C(=O)c2ccco2)CC1)N1CCN(c2ncc(C(F)(F)F)cc2Cl)CC1. The van der Waals surface area contributed by atoms with E-state index in [0.29, 0.717) is 58.2 Å². The fraction of sp³-hybridized carbons (Fsp3) is 0.500. The average molecular weight is 500 g/mol. The fourth-order valence-electron chi connectivity index (χ4n) is 4.25. The second-order valence-corrected chi connectivity index (χ2v) is 8.73. The van der Waals surface area contributed by atoms with E-state index < -0.39 is 11.7 Å². The molecular weight excluding hydrogens is 475 g/mol. The van der Waals surface area contributed by atoms with Crippen molar-refractivity contribution in [1.82, 2.24) is 19.7 Å². The predicted octanol–water partition coefficient (Wildman–Crippen LogP) is 2.84. The number of hydrogen-bond acceptors (Lipinski definition) is 6. The molecule has 0 saturated carbocycles. The second kappa shape index (κ2) is 9.83. The molecule has 0 N–H and O–H groups in total. The first kappa shape index (κ1) is 24.3. The van der Waals surface area contributed by atoms with Gasteiger partial charge in [0.25, 0.3) is 5.91 Å². The van der Waals surface area contributed by atoms with Gasteiger partial charge in [-0.1, -0.05) is 11.6 Å². The van der Waals surface area contributed by atoms with Crippen LogP contribution in [0.1, 0.15) is 23.0 Å². The van der Waals surface area contributed by atoms with Crippen molar-refractivity contribution in [3.8, 4) is 0 Å². The first-order valence-electron chi connectivity index (χ1n) is 11.0. The summed E-state index contributed by atoms with van der Waals surface area (Å²) in [7, 11) is 0. The van der Waals surface area contributed by atoms with Crippen molar-refractivity contribution in [1.29, 1.82) is 0 Å². The summed E-state index contributed by atoms with van der Waals surface area (Å²) in [6.07, 6.45) is -2.26. The number of anilines is 1. The Kier molecular flexibility index (Phi) is 7.04. The zero-order chi connectivity index (χ0) is 24.5. The van der Waals surface area contributed by atoms with Gasteiger partial charge in [0.2, 0.25) is 5.91 Å². The molecular formula is C22H25ClF3N5O3. The highest BCUT2D eigenvalue weighted by molar-refractivity contribution is 6.33. The molecule has 4 rings (SSSR count). The molecule has 8 nitrogen and oxygen atoms in total. The Balaban J connectivity index is 1.28. The van der Waals surface area contributed by atoms with E-state index in [9.17, 15) is 22.8 Å². The van der Waals surface area contributed by atoms with E-state index in [2.05, 4.69) is 4.98 Å². The maximum Gasteiger partial charge on any atom is 0.417 e. The lowest BCUT2D eigenvalue weighted by Crippen LogP contribution is -2.58. The molecule has 0 radical (unpaired) electrons. The van der Waals surface area contributed by atoms with Gasteiger partial charge in [-0.05, 0) is 25.1 Å². The Bertz CT molecular complexity index is 1020. The van der Waals surface area contributed by atoms with Gasteiger partial charge < -0.3 is 19.1 Å². The number of halogens is 4. The molecule has 34 heavy (non-hydrogen) atoms. The molecule has 0 unspecified atom stereocenters. The normalized spacial score (nSPS) is 18.8. The number of pyridine rings is 1. The lowest BCUT2D eigenvalue weighted by Gasteiger charge is -2.41. The number of alkyl halides is 3. The van der Waals surface area contributed by atoms with Crippen LogP contribution in [0.2, 0.25) is 5.02 Å². The number of nitrogens with zero attached hydrogens (tertiary/aromatic N) is 5. The van der Waals surface area contributed by atoms with Crippen molar-refractivity contribution in [2.75, 3.05) is 57.3 Å². The number of hydrogen-bond donors (Lipinski definition) is 0. The molecule has 2 aromatic rings. The van der Waals surface area contributed by atoms with Crippen molar-refractivity contribution >= 4 is 29.2 Å². The Hall–Kier alpha value is -2.79. The quantitative estimate of drug-likeness (QED) is 0.644. The highest BCUT2D eigenvalue weighted by Gasteiger charge is 2.34. The molecule has 0 bridgehead atoms. The maximum atomic E-state index is 13.0. The molecule has 2 aliphatic heterocycles. The van der Waals surface area contributed by atoms with Gasteiger partial charge in [-0.25, -0.2) is 4.98 Å². The molecule has 2 saturated heterocycles. The highest BCUT2D eigenvalue weighted by Crippen LogP contribution is 2.33. The maximum absolute atomic E-state index is 13.0. The number of rotatable bonds is 4. The third kappa shape index (κ3) is 5.15. The smallest absolute Gasteiger partial charge is 0.417 e. The van der Waals surface area contributed by atoms with Crippen LogP contribution in [-0.4, -0.2) is 89.9 Å². The van der Waals surface area contributed by atoms with Crippen molar-refractivity contribution in [2.24, 2.45) is 0 Å². The van der Waals surface area contributed by atoms with Crippen molar-refractivity contribution in [3.63, 3.8) is 0 Å². The summed E-state index contributed by atoms with van der Waals surface area (Å²) in [6, 6.07) is 3.81. The first-order chi connectivity index (χ1) is 16.1. The van der Waals surface area contributed by atoms with Crippen LogP contribution in [0.4, 0.5) is 19.0 Å². The van der Waals surface area contributed by atoms with Gasteiger partial charge in [-0.2, -0.15) is 13.2 Å². The van der Waals surface area contributed by atoms with Crippen LogP contribution in [0.5, 0.6) is 0 Å². The van der Waals surface area contributed by atoms with Gasteiger partial charge in [-0.15, -0.1) is 0 Å². The Morgan fingerprint density at radius 1 is 1.06 bits per heavy atom. The van der Waals surface area contributed by atoms with Gasteiger partial charge >= 0.3 is 6.18 Å². The summed E-state index contributed by atoms with van der Waals surface area (Å²) >= 11 is 6.07. The van der Waals surface area contributed by atoms with Crippen molar-refractivity contribution in [3.05, 3.63) is 47.0 Å². The summed E-state index contributed by atoms with van der Waals surface area (Å²) in [5.74, 6) is 0.403. The van der Waals surface area contributed by atoms with Gasteiger partial charge in [0.15, 0.2) is 5.76 Å². The van der Waals surface area contributed by atoms with Gasteiger partial charge in [0.05, 0.1) is 22.9 Å². The van der Waals surface area contributed by atoms with E-state index in [1.165, 1.54) is 6.26 Å². The summed E-state index contributed by atoms with van der Waals surface area (Å²) in [5, 5.41) is -0.0469. The topological polar surface area (TPSA) is 73.1 Å². The van der Waals surface area contributed by atoms with E-state index in [1.807, 2.05) is 16.7 Å². The molecule has 1 atom stereocenters. The van der Waals surface area contributed by atoms with Crippen LogP contribution in [0, 0.1) is 0 Å². The van der Waals surface area contributed by atoms with E-state index in [1.54, 1.807) is 21.9 Å². The minimum atomic E-state index is -4.50. The van der Waals surface area contributed by atoms with E-state index >= 15 is 0 Å². The van der Waals surface area contributed by atoms with Crippen LogP contribution < -0.4 is 4.90 Å². The van der Waals surface area contributed by atoms with Gasteiger partial charge in [0, 0.05) is 58.6 Å². The van der Waals surface area contributed by atoms with E-state index in [4.69, 9.17) is 16.0 Å². The van der Waals surface area contributed by atoms with E-state index in [0.717, 1.165) is 12.3 Å². The standard InChI is InChI=1S/C22H25ClF3N5O3/c1-15(20(32)30-8-10-31(11-9-30)21(33)18-3-2-12-34-18)28-4-6-29(7-5-28)19-17(23)13-16(14-27-19)22(24,25)26/h2-3,12-15H,4-11H2,1H3/t15-/m0/s1. The van der Waals surface area contributed by atoms with E-state index in [-0.39, 0.29) is 28.6 Å². The molecule has 4 heterocycles. The molecule has 0 aromatic carbocycles. The molecule has 2 fully saturated rings. The number of aromatic nitrogens is 1. The number of carbonyl (C=O) groups excluding carboxylic acids is 2. The molecule has 2 aromatic heterocycles. The highest BCUT2D eigenvalue weighted by atomic mass is 35.5. The summed E-state index contributed by atoms with van der Waals surface area (Å²) in [4.78, 5) is 36.7. The second-order valence-electron chi connectivity index (χ2n) is 8.32. The molecule has 0 aliphatic carbocycles. The molecule has 2 amide bonds. The molecule has 184 valence electrons.